The molecule has 0 spiro atoms. The Morgan fingerprint density at radius 1 is 0.844 bits per heavy atom. The van der Waals surface area contributed by atoms with E-state index in [1.807, 2.05) is 61.5 Å². The average molecular weight is 463 g/mol. The summed E-state index contributed by atoms with van der Waals surface area (Å²) >= 11 is 1.15. The van der Waals surface area contributed by atoms with E-state index in [0.29, 0.717) is 11.3 Å². The van der Waals surface area contributed by atoms with Gasteiger partial charge in [-0.05, 0) is 59.3 Å². The van der Waals surface area contributed by atoms with E-state index in [0.717, 1.165) is 28.0 Å². The maximum atomic E-state index is 13.0. The van der Waals surface area contributed by atoms with Crippen molar-refractivity contribution in [3.8, 4) is 0 Å². The van der Waals surface area contributed by atoms with Crippen molar-refractivity contribution in [3.63, 3.8) is 0 Å². The Morgan fingerprint density at radius 2 is 1.53 bits per heavy atom. The van der Waals surface area contributed by atoms with Crippen molar-refractivity contribution in [1.29, 1.82) is 0 Å². The summed E-state index contributed by atoms with van der Waals surface area (Å²) in [7, 11) is -3.63. The highest BCUT2D eigenvalue weighted by Gasteiger charge is 2.20. The molecule has 0 aliphatic carbocycles. The fourth-order valence-electron chi connectivity index (χ4n) is 3.42. The zero-order valence-electron chi connectivity index (χ0n) is 17.4. The third kappa shape index (κ3) is 4.90. The second-order valence-corrected chi connectivity index (χ2v) is 10.1. The maximum absolute atomic E-state index is 13.0. The Balaban J connectivity index is 1.55. The van der Waals surface area contributed by atoms with Crippen LogP contribution in [0.3, 0.4) is 0 Å². The first kappa shape index (κ1) is 21.8. The van der Waals surface area contributed by atoms with Crippen LogP contribution in [0.1, 0.15) is 33.1 Å². The molecule has 0 fully saturated rings. The molecule has 0 bridgehead atoms. The largest absolute Gasteiger partial charge is 0.341 e. The number of carbonyl (C=O) groups is 1. The number of carbonyl (C=O) groups excluding carboxylic acids is 1. The molecule has 0 saturated heterocycles. The topological polar surface area (TPSA) is 75.3 Å². The monoisotopic (exact) mass is 462 g/mol. The number of nitrogens with one attached hydrogen (secondary N) is 2. The zero-order chi connectivity index (χ0) is 22.6. The van der Waals surface area contributed by atoms with Crippen molar-refractivity contribution >= 4 is 33.0 Å². The van der Waals surface area contributed by atoms with Gasteiger partial charge in [-0.25, -0.2) is 8.42 Å². The lowest BCUT2D eigenvalue weighted by molar-refractivity contribution is 0.0943. The third-order valence-electron chi connectivity index (χ3n) is 5.07. The molecule has 0 aliphatic heterocycles. The number of anilines is 1. The van der Waals surface area contributed by atoms with Gasteiger partial charge in [0.15, 0.2) is 0 Å². The van der Waals surface area contributed by atoms with Crippen molar-refractivity contribution in [2.75, 3.05) is 4.72 Å². The second kappa shape index (κ2) is 9.38. The third-order valence-corrected chi connectivity index (χ3v) is 7.85. The highest BCUT2D eigenvalue weighted by atomic mass is 32.2. The summed E-state index contributed by atoms with van der Waals surface area (Å²) in [6, 6.07) is 27.1. The van der Waals surface area contributed by atoms with Crippen molar-refractivity contribution in [3.05, 3.63) is 119 Å². The van der Waals surface area contributed by atoms with Crippen molar-refractivity contribution in [2.45, 2.75) is 17.2 Å². The van der Waals surface area contributed by atoms with Gasteiger partial charge in [0.05, 0.1) is 6.04 Å². The number of hydrogen-bond acceptors (Lipinski definition) is 4. The standard InChI is InChI=1S/C25H22N2O3S2/c1-18-8-5-6-11-22(18)24(19-9-3-2-4-10-19)26-25(28)20-13-15-21(16-14-20)27-32(29,30)23-12-7-17-31-23/h2-17,24,27H,1H3,(H,26,28)/t24-/m1/s1. The summed E-state index contributed by atoms with van der Waals surface area (Å²) < 4.78 is 27.6. The highest BCUT2D eigenvalue weighted by molar-refractivity contribution is 7.94. The van der Waals surface area contributed by atoms with Gasteiger partial charge >= 0.3 is 0 Å². The van der Waals surface area contributed by atoms with E-state index < -0.39 is 10.0 Å². The smallest absolute Gasteiger partial charge is 0.271 e. The van der Waals surface area contributed by atoms with Crippen LogP contribution >= 0.6 is 11.3 Å². The van der Waals surface area contributed by atoms with Gasteiger partial charge in [0.1, 0.15) is 4.21 Å². The SMILES string of the molecule is Cc1ccccc1[C@H](NC(=O)c1ccc(NS(=O)(=O)c2cccs2)cc1)c1ccccc1. The van der Waals surface area contributed by atoms with Crippen LogP contribution in [0.4, 0.5) is 5.69 Å². The molecule has 0 radical (unpaired) electrons. The molecule has 1 amide bonds. The van der Waals surface area contributed by atoms with Gasteiger partial charge in [0, 0.05) is 11.3 Å². The van der Waals surface area contributed by atoms with Gasteiger partial charge in [-0.3, -0.25) is 9.52 Å². The predicted molar refractivity (Wildman–Crippen MR) is 128 cm³/mol. The number of thiophene rings is 1. The molecule has 0 unspecified atom stereocenters. The van der Waals surface area contributed by atoms with Crippen LogP contribution in [-0.4, -0.2) is 14.3 Å². The van der Waals surface area contributed by atoms with Gasteiger partial charge in [-0.15, -0.1) is 11.3 Å². The predicted octanol–water partition coefficient (Wildman–Crippen LogP) is 5.38. The summed E-state index contributed by atoms with van der Waals surface area (Å²) in [5.41, 5.74) is 3.93. The van der Waals surface area contributed by atoms with Crippen LogP contribution < -0.4 is 10.0 Å². The Labute approximate surface area is 191 Å². The molecular formula is C25H22N2O3S2. The van der Waals surface area contributed by atoms with Crippen molar-refractivity contribution in [2.24, 2.45) is 0 Å². The number of hydrogen-bond donors (Lipinski definition) is 2. The number of sulfonamides is 1. The molecule has 4 rings (SSSR count). The first-order chi connectivity index (χ1) is 15.4. The minimum Gasteiger partial charge on any atom is -0.341 e. The normalized spacial score (nSPS) is 12.2. The van der Waals surface area contributed by atoms with E-state index in [-0.39, 0.29) is 16.2 Å². The number of amides is 1. The number of aryl methyl sites for hydroxylation is 1. The van der Waals surface area contributed by atoms with Crippen LogP contribution in [0.15, 0.2) is 101 Å². The fraction of sp³-hybridized carbons (Fsp3) is 0.0800. The van der Waals surface area contributed by atoms with E-state index in [2.05, 4.69) is 10.0 Å². The Bertz CT molecular complexity index is 1300. The molecule has 1 aromatic heterocycles. The lowest BCUT2D eigenvalue weighted by Crippen LogP contribution is -2.29. The van der Waals surface area contributed by atoms with Gasteiger partial charge in [0.25, 0.3) is 15.9 Å². The molecule has 162 valence electrons. The molecule has 0 saturated carbocycles. The summed E-state index contributed by atoms with van der Waals surface area (Å²) in [6.45, 7) is 2.02. The molecule has 5 nitrogen and oxygen atoms in total. The minimum atomic E-state index is -3.63. The van der Waals surface area contributed by atoms with Gasteiger partial charge in [-0.2, -0.15) is 0 Å². The molecule has 2 N–H and O–H groups in total. The molecule has 0 aliphatic rings. The van der Waals surface area contributed by atoms with E-state index in [1.54, 1.807) is 41.8 Å². The first-order valence-electron chi connectivity index (χ1n) is 10.0. The van der Waals surface area contributed by atoms with Crippen LogP contribution in [-0.2, 0) is 10.0 Å². The van der Waals surface area contributed by atoms with Gasteiger partial charge in [-0.1, -0.05) is 60.7 Å². The Hall–Kier alpha value is -3.42. The van der Waals surface area contributed by atoms with Crippen molar-refractivity contribution in [1.82, 2.24) is 5.32 Å². The first-order valence-corrected chi connectivity index (χ1v) is 12.4. The molecule has 1 atom stereocenters. The van der Waals surface area contributed by atoms with Crippen molar-refractivity contribution < 1.29 is 13.2 Å². The summed E-state index contributed by atoms with van der Waals surface area (Å²) in [5.74, 6) is -0.241. The van der Waals surface area contributed by atoms with E-state index >= 15 is 0 Å². The highest BCUT2D eigenvalue weighted by Crippen LogP contribution is 2.26. The molecular weight excluding hydrogens is 440 g/mol. The number of benzene rings is 3. The quantitative estimate of drug-likeness (QED) is 0.387. The molecule has 4 aromatic rings. The minimum absolute atomic E-state index is 0.239. The summed E-state index contributed by atoms with van der Waals surface area (Å²) in [4.78, 5) is 13.0. The lowest BCUT2D eigenvalue weighted by atomic mass is 9.94. The molecule has 7 heteroatoms. The number of rotatable bonds is 7. The zero-order valence-corrected chi connectivity index (χ0v) is 19.0. The lowest BCUT2D eigenvalue weighted by Gasteiger charge is -2.22. The summed E-state index contributed by atoms with van der Waals surface area (Å²) in [5, 5.41) is 4.83. The molecule has 1 heterocycles. The van der Waals surface area contributed by atoms with Crippen LogP contribution in [0, 0.1) is 6.92 Å². The van der Waals surface area contributed by atoms with Gasteiger partial charge < -0.3 is 5.32 Å². The van der Waals surface area contributed by atoms with Gasteiger partial charge in [0.2, 0.25) is 0 Å². The van der Waals surface area contributed by atoms with E-state index in [4.69, 9.17) is 0 Å². The Morgan fingerprint density at radius 3 is 2.19 bits per heavy atom. The van der Waals surface area contributed by atoms with Crippen LogP contribution in [0.5, 0.6) is 0 Å². The second-order valence-electron chi connectivity index (χ2n) is 7.29. The fourth-order valence-corrected chi connectivity index (χ4v) is 5.47. The average Bonchev–Trinajstić information content (AvgIpc) is 3.35. The van der Waals surface area contributed by atoms with E-state index in [1.165, 1.54) is 0 Å². The molecule has 3 aromatic carbocycles. The van der Waals surface area contributed by atoms with Crippen LogP contribution in [0.25, 0.3) is 0 Å². The Kier molecular flexibility index (Phi) is 6.39. The van der Waals surface area contributed by atoms with E-state index in [9.17, 15) is 13.2 Å². The molecule has 32 heavy (non-hydrogen) atoms. The maximum Gasteiger partial charge on any atom is 0.271 e. The summed E-state index contributed by atoms with van der Waals surface area (Å²) in [6.07, 6.45) is 0. The van der Waals surface area contributed by atoms with Crippen LogP contribution in [0.2, 0.25) is 0 Å².